The Labute approximate surface area is 168 Å². The Kier molecular flexibility index (Phi) is 6.68. The van der Waals surface area contributed by atoms with Crippen LogP contribution in [0.3, 0.4) is 0 Å². The van der Waals surface area contributed by atoms with E-state index in [4.69, 9.17) is 4.65 Å². The number of allylic oxidation sites excluding steroid dienone is 1. The summed E-state index contributed by atoms with van der Waals surface area (Å²) in [7, 11) is -4.28. The summed E-state index contributed by atoms with van der Waals surface area (Å²) >= 11 is 0. The zero-order valence-electron chi connectivity index (χ0n) is 16.6. The maximum Gasteiger partial charge on any atom is 0.456 e. The topological polar surface area (TPSA) is 83.8 Å². The molecule has 2 aliphatic heterocycles. The van der Waals surface area contributed by atoms with Crippen molar-refractivity contribution >= 4 is 23.0 Å². The van der Waals surface area contributed by atoms with Gasteiger partial charge in [-0.25, -0.2) is 8.42 Å². The highest BCUT2D eigenvalue weighted by molar-refractivity contribution is 7.92. The van der Waals surface area contributed by atoms with E-state index in [9.17, 15) is 18.5 Å². The minimum atomic E-state index is -3.24. The molecule has 0 aliphatic carbocycles. The first-order valence-electron chi connectivity index (χ1n) is 10.1. The molecule has 0 spiro atoms. The van der Waals surface area contributed by atoms with E-state index in [-0.39, 0.29) is 23.9 Å². The van der Waals surface area contributed by atoms with Gasteiger partial charge in [-0.2, -0.15) is 0 Å². The molecule has 28 heavy (non-hydrogen) atoms. The van der Waals surface area contributed by atoms with Gasteiger partial charge in [-0.1, -0.05) is 55.7 Å². The summed E-state index contributed by atoms with van der Waals surface area (Å²) in [5.74, 6) is 0.342. The van der Waals surface area contributed by atoms with Crippen molar-refractivity contribution in [2.45, 2.75) is 63.6 Å². The van der Waals surface area contributed by atoms with E-state index < -0.39 is 22.2 Å². The van der Waals surface area contributed by atoms with Crippen LogP contribution in [0.25, 0.3) is 6.08 Å². The Balaban J connectivity index is 1.81. The highest BCUT2D eigenvalue weighted by atomic mass is 32.2. The average molecular weight is 404 g/mol. The molecule has 0 amide bonds. The summed E-state index contributed by atoms with van der Waals surface area (Å²) in [4.78, 5) is 0. The highest BCUT2D eigenvalue weighted by Crippen LogP contribution is 2.41. The van der Waals surface area contributed by atoms with Crippen molar-refractivity contribution in [3.8, 4) is 5.75 Å². The molecule has 2 atom stereocenters. The lowest BCUT2D eigenvalue weighted by Crippen LogP contribution is -2.41. The molecule has 0 aromatic heterocycles. The summed E-state index contributed by atoms with van der Waals surface area (Å²) in [6, 6.07) is 7.20. The molecule has 1 aromatic rings. The third kappa shape index (κ3) is 4.53. The van der Waals surface area contributed by atoms with Gasteiger partial charge in [-0.05, 0) is 37.3 Å². The van der Waals surface area contributed by atoms with Crippen LogP contribution in [-0.4, -0.2) is 42.8 Å². The molecule has 7 heteroatoms. The van der Waals surface area contributed by atoms with Gasteiger partial charge in [0.05, 0.1) is 17.1 Å². The van der Waals surface area contributed by atoms with Crippen LogP contribution in [0, 0.1) is 0 Å². The van der Waals surface area contributed by atoms with Crippen LogP contribution < -0.4 is 0 Å². The molecule has 2 heterocycles. The summed E-state index contributed by atoms with van der Waals surface area (Å²) < 4.78 is 31.0. The van der Waals surface area contributed by atoms with E-state index in [2.05, 4.69) is 6.92 Å². The SMILES string of the molecule is CCCC1=C2[C@@H](CC/C(=C/c3ccccc3O)CC)OB(O)C[C@@H]2S(=O)(=O)C1. The fourth-order valence-electron chi connectivity index (χ4n) is 4.30. The fraction of sp³-hybridized carbons (Fsp3) is 0.524. The first kappa shape index (κ1) is 21.2. The molecule has 2 N–H and O–H groups in total. The first-order valence-corrected chi connectivity index (χ1v) is 11.8. The van der Waals surface area contributed by atoms with Crippen molar-refractivity contribution in [2.24, 2.45) is 0 Å². The van der Waals surface area contributed by atoms with Crippen LogP contribution in [0.2, 0.25) is 6.32 Å². The molecule has 1 saturated heterocycles. The zero-order chi connectivity index (χ0) is 20.3. The Bertz CT molecular complexity index is 875. The number of phenols is 1. The van der Waals surface area contributed by atoms with Crippen molar-refractivity contribution < 1.29 is 23.2 Å². The van der Waals surface area contributed by atoms with Crippen LogP contribution >= 0.6 is 0 Å². The van der Waals surface area contributed by atoms with E-state index in [1.54, 1.807) is 12.1 Å². The summed E-state index contributed by atoms with van der Waals surface area (Å²) in [6.45, 7) is 4.11. The maximum absolute atomic E-state index is 12.6. The van der Waals surface area contributed by atoms with E-state index in [1.807, 2.05) is 25.1 Å². The van der Waals surface area contributed by atoms with Crippen LogP contribution in [0.4, 0.5) is 0 Å². The lowest BCUT2D eigenvalue weighted by molar-refractivity contribution is 0.169. The van der Waals surface area contributed by atoms with Gasteiger partial charge in [0.15, 0.2) is 9.84 Å². The largest absolute Gasteiger partial charge is 0.507 e. The average Bonchev–Trinajstić information content (AvgIpc) is 2.90. The Morgan fingerprint density at radius 2 is 2.07 bits per heavy atom. The number of rotatable bonds is 7. The van der Waals surface area contributed by atoms with Gasteiger partial charge < -0.3 is 14.8 Å². The lowest BCUT2D eigenvalue weighted by atomic mass is 9.74. The van der Waals surface area contributed by atoms with E-state index in [1.165, 1.54) is 0 Å². The second-order valence-corrected chi connectivity index (χ2v) is 9.86. The summed E-state index contributed by atoms with van der Waals surface area (Å²) in [5.41, 5.74) is 3.80. The van der Waals surface area contributed by atoms with Crippen molar-refractivity contribution in [3.63, 3.8) is 0 Å². The highest BCUT2D eigenvalue weighted by Gasteiger charge is 2.48. The molecule has 0 radical (unpaired) electrons. The lowest BCUT2D eigenvalue weighted by Gasteiger charge is -2.32. The predicted molar refractivity (Wildman–Crippen MR) is 113 cm³/mol. The first-order chi connectivity index (χ1) is 13.4. The monoisotopic (exact) mass is 404 g/mol. The number of fused-ring (bicyclic) bond motifs is 1. The van der Waals surface area contributed by atoms with Crippen LogP contribution in [0.1, 0.15) is 51.5 Å². The standard InChI is InChI=1S/C21H29BO5S/c1-3-7-17-14-28(25,26)20-13-22(24)27-19(21(17)20)11-10-15(4-2)12-16-8-5-6-9-18(16)23/h5-6,8-9,12,19-20,23-24H,3-4,7,10-11,13-14H2,1-2H3/b15-12+/t19-,20+/m1/s1. The molecule has 3 rings (SSSR count). The van der Waals surface area contributed by atoms with E-state index >= 15 is 0 Å². The maximum atomic E-state index is 12.6. The summed E-state index contributed by atoms with van der Waals surface area (Å²) in [6.07, 6.45) is 5.57. The van der Waals surface area contributed by atoms with Gasteiger partial charge in [0.1, 0.15) is 5.75 Å². The van der Waals surface area contributed by atoms with Crippen LogP contribution in [0.15, 0.2) is 41.0 Å². The Hall–Kier alpha value is -1.57. The van der Waals surface area contributed by atoms with E-state index in [0.29, 0.717) is 6.42 Å². The van der Waals surface area contributed by atoms with Gasteiger partial charge in [0.2, 0.25) is 0 Å². The Morgan fingerprint density at radius 3 is 2.75 bits per heavy atom. The number of phenolic OH excluding ortho intramolecular Hbond substituents is 1. The van der Waals surface area contributed by atoms with Crippen molar-refractivity contribution in [2.75, 3.05) is 5.75 Å². The molecule has 0 unspecified atom stereocenters. The number of aromatic hydroxyl groups is 1. The molecule has 0 saturated carbocycles. The van der Waals surface area contributed by atoms with Crippen LogP contribution in [-0.2, 0) is 14.5 Å². The third-order valence-corrected chi connectivity index (χ3v) is 7.74. The zero-order valence-corrected chi connectivity index (χ0v) is 17.4. The normalized spacial score (nSPS) is 24.5. The van der Waals surface area contributed by atoms with Gasteiger partial charge in [0.25, 0.3) is 0 Å². The van der Waals surface area contributed by atoms with Gasteiger partial charge in [-0.3, -0.25) is 0 Å². The predicted octanol–water partition coefficient (Wildman–Crippen LogP) is 3.74. The van der Waals surface area contributed by atoms with E-state index in [0.717, 1.165) is 48.0 Å². The molecular weight excluding hydrogens is 375 g/mol. The third-order valence-electron chi connectivity index (χ3n) is 5.68. The molecule has 1 aromatic carbocycles. The quantitative estimate of drug-likeness (QED) is 0.534. The second-order valence-electron chi connectivity index (χ2n) is 7.67. The number of benzene rings is 1. The number of sulfone groups is 1. The minimum absolute atomic E-state index is 0.0990. The second kappa shape index (κ2) is 8.85. The van der Waals surface area contributed by atoms with Gasteiger partial charge in [0, 0.05) is 11.9 Å². The minimum Gasteiger partial charge on any atom is -0.507 e. The smallest absolute Gasteiger partial charge is 0.456 e. The molecule has 2 aliphatic rings. The van der Waals surface area contributed by atoms with Crippen molar-refractivity contribution in [3.05, 3.63) is 46.5 Å². The molecule has 0 bridgehead atoms. The summed E-state index contributed by atoms with van der Waals surface area (Å²) in [5, 5.41) is 19.5. The van der Waals surface area contributed by atoms with Gasteiger partial charge in [-0.15, -0.1) is 0 Å². The molecule has 5 nitrogen and oxygen atoms in total. The van der Waals surface area contributed by atoms with Crippen molar-refractivity contribution in [1.82, 2.24) is 0 Å². The number of para-hydroxylation sites is 1. The van der Waals surface area contributed by atoms with Gasteiger partial charge >= 0.3 is 7.12 Å². The molecular formula is C21H29BO5S. The fourth-order valence-corrected chi connectivity index (χ4v) is 6.46. The molecule has 1 fully saturated rings. The number of hydrogen-bond acceptors (Lipinski definition) is 5. The Morgan fingerprint density at radius 1 is 1.32 bits per heavy atom. The van der Waals surface area contributed by atoms with Crippen molar-refractivity contribution in [1.29, 1.82) is 0 Å². The number of hydrogen-bond donors (Lipinski definition) is 2. The van der Waals surface area contributed by atoms with Crippen LogP contribution in [0.5, 0.6) is 5.75 Å². The molecule has 152 valence electrons.